The monoisotopic (exact) mass is 301 g/mol. The number of rotatable bonds is 5. The van der Waals surface area contributed by atoms with Crippen molar-refractivity contribution in [2.45, 2.75) is 31.1 Å². The Morgan fingerprint density at radius 3 is 2.68 bits per heavy atom. The Balaban J connectivity index is 2.13. The predicted octanol–water partition coefficient (Wildman–Crippen LogP) is 1.29. The van der Waals surface area contributed by atoms with Gasteiger partial charge in [0.1, 0.15) is 4.21 Å². The van der Waals surface area contributed by atoms with Gasteiger partial charge in [0.2, 0.25) is 10.0 Å². The summed E-state index contributed by atoms with van der Waals surface area (Å²) in [5.41, 5.74) is 7.15. The van der Waals surface area contributed by atoms with E-state index in [0.717, 1.165) is 10.4 Å². The Morgan fingerprint density at radius 1 is 1.42 bits per heavy atom. The summed E-state index contributed by atoms with van der Waals surface area (Å²) < 4.78 is 31.9. The van der Waals surface area contributed by atoms with Crippen molar-refractivity contribution in [1.82, 2.24) is 9.88 Å². The van der Waals surface area contributed by atoms with Gasteiger partial charge in [0.15, 0.2) is 5.76 Å². The SMILES string of the molecule is Cc1cc(CNS(=O)(=O)c2cc(C)c(CN)s2)on1. The Bertz CT molecular complexity index is 673. The number of hydrogen-bond donors (Lipinski definition) is 2. The van der Waals surface area contributed by atoms with E-state index < -0.39 is 10.0 Å². The molecule has 0 aliphatic heterocycles. The summed E-state index contributed by atoms with van der Waals surface area (Å²) in [7, 11) is -3.54. The number of aryl methyl sites for hydroxylation is 2. The van der Waals surface area contributed by atoms with E-state index in [1.54, 1.807) is 19.1 Å². The number of sulfonamides is 1. The highest BCUT2D eigenvalue weighted by atomic mass is 32.2. The summed E-state index contributed by atoms with van der Waals surface area (Å²) >= 11 is 1.19. The molecule has 0 radical (unpaired) electrons. The van der Waals surface area contributed by atoms with Crippen LogP contribution in [0.1, 0.15) is 21.9 Å². The maximum atomic E-state index is 12.1. The van der Waals surface area contributed by atoms with Crippen molar-refractivity contribution < 1.29 is 12.9 Å². The highest BCUT2D eigenvalue weighted by Crippen LogP contribution is 2.25. The second-order valence-electron chi connectivity index (χ2n) is 4.13. The predicted molar refractivity (Wildman–Crippen MR) is 72.2 cm³/mol. The Morgan fingerprint density at radius 2 is 2.16 bits per heavy atom. The van der Waals surface area contributed by atoms with Gasteiger partial charge in [-0.2, -0.15) is 0 Å². The van der Waals surface area contributed by atoms with Crippen LogP contribution in [0.25, 0.3) is 0 Å². The minimum Gasteiger partial charge on any atom is -0.360 e. The topological polar surface area (TPSA) is 98.2 Å². The van der Waals surface area contributed by atoms with Crippen LogP contribution in [0.15, 0.2) is 20.9 Å². The second kappa shape index (κ2) is 5.41. The lowest BCUT2D eigenvalue weighted by Gasteiger charge is -2.01. The fourth-order valence-corrected chi connectivity index (χ4v) is 4.07. The molecule has 2 aromatic rings. The van der Waals surface area contributed by atoms with E-state index in [0.29, 0.717) is 18.0 Å². The highest BCUT2D eigenvalue weighted by Gasteiger charge is 2.19. The van der Waals surface area contributed by atoms with Gasteiger partial charge in [-0.1, -0.05) is 5.16 Å². The van der Waals surface area contributed by atoms with Crippen molar-refractivity contribution in [1.29, 1.82) is 0 Å². The van der Waals surface area contributed by atoms with Gasteiger partial charge >= 0.3 is 0 Å². The van der Waals surface area contributed by atoms with Gasteiger partial charge in [0, 0.05) is 17.5 Å². The number of hydrogen-bond acceptors (Lipinski definition) is 6. The summed E-state index contributed by atoms with van der Waals surface area (Å²) in [6.07, 6.45) is 0. The zero-order chi connectivity index (χ0) is 14.0. The van der Waals surface area contributed by atoms with Crippen LogP contribution in [0.3, 0.4) is 0 Å². The molecule has 104 valence electrons. The molecule has 0 amide bonds. The third-order valence-corrected chi connectivity index (χ3v) is 5.70. The first-order valence-electron chi connectivity index (χ1n) is 5.63. The van der Waals surface area contributed by atoms with Crippen LogP contribution < -0.4 is 10.5 Å². The van der Waals surface area contributed by atoms with Crippen LogP contribution in [0.5, 0.6) is 0 Å². The molecule has 2 heterocycles. The third kappa shape index (κ3) is 3.21. The van der Waals surface area contributed by atoms with E-state index in [1.807, 2.05) is 6.92 Å². The first kappa shape index (κ1) is 14.2. The molecule has 2 aromatic heterocycles. The smallest absolute Gasteiger partial charge is 0.250 e. The summed E-state index contributed by atoms with van der Waals surface area (Å²) in [5, 5.41) is 3.70. The first-order chi connectivity index (χ1) is 8.92. The maximum Gasteiger partial charge on any atom is 0.250 e. The molecule has 2 rings (SSSR count). The van der Waals surface area contributed by atoms with Gasteiger partial charge in [0.05, 0.1) is 12.2 Å². The highest BCUT2D eigenvalue weighted by molar-refractivity contribution is 7.91. The lowest BCUT2D eigenvalue weighted by Crippen LogP contribution is -2.22. The van der Waals surface area contributed by atoms with Crippen molar-refractivity contribution >= 4 is 21.4 Å². The third-order valence-electron chi connectivity index (χ3n) is 2.56. The lowest BCUT2D eigenvalue weighted by molar-refractivity contribution is 0.377. The van der Waals surface area contributed by atoms with Crippen LogP contribution in [-0.2, 0) is 23.1 Å². The van der Waals surface area contributed by atoms with Crippen LogP contribution >= 0.6 is 11.3 Å². The molecule has 0 spiro atoms. The molecule has 19 heavy (non-hydrogen) atoms. The van der Waals surface area contributed by atoms with Crippen molar-refractivity contribution in [3.8, 4) is 0 Å². The van der Waals surface area contributed by atoms with Crippen molar-refractivity contribution in [3.05, 3.63) is 34.0 Å². The molecule has 0 aliphatic rings. The Labute approximate surface area is 115 Å². The summed E-state index contributed by atoms with van der Waals surface area (Å²) in [6, 6.07) is 3.31. The molecular formula is C11H15N3O3S2. The van der Waals surface area contributed by atoms with Gasteiger partial charge < -0.3 is 10.3 Å². The lowest BCUT2D eigenvalue weighted by atomic mass is 10.3. The second-order valence-corrected chi connectivity index (χ2v) is 7.27. The number of nitrogens with zero attached hydrogens (tertiary/aromatic N) is 1. The first-order valence-corrected chi connectivity index (χ1v) is 7.93. The van der Waals surface area contributed by atoms with E-state index in [2.05, 4.69) is 9.88 Å². The fraction of sp³-hybridized carbons (Fsp3) is 0.364. The molecule has 0 saturated heterocycles. The van der Waals surface area contributed by atoms with Crippen LogP contribution in [-0.4, -0.2) is 13.6 Å². The molecular weight excluding hydrogens is 286 g/mol. The molecule has 8 heteroatoms. The quantitative estimate of drug-likeness (QED) is 0.867. The van der Waals surface area contributed by atoms with Gasteiger partial charge in [-0.25, -0.2) is 13.1 Å². The molecule has 0 saturated carbocycles. The van der Waals surface area contributed by atoms with Crippen LogP contribution in [0.2, 0.25) is 0 Å². The zero-order valence-corrected chi connectivity index (χ0v) is 12.3. The van der Waals surface area contributed by atoms with Crippen molar-refractivity contribution in [2.75, 3.05) is 0 Å². The van der Waals surface area contributed by atoms with Crippen LogP contribution in [0, 0.1) is 13.8 Å². The molecule has 0 fully saturated rings. The Kier molecular flexibility index (Phi) is 4.04. The largest absolute Gasteiger partial charge is 0.360 e. The summed E-state index contributed by atoms with van der Waals surface area (Å²) in [4.78, 5) is 0.871. The van der Waals surface area contributed by atoms with E-state index >= 15 is 0 Å². The number of nitrogens with one attached hydrogen (secondary N) is 1. The van der Waals surface area contributed by atoms with Gasteiger partial charge in [-0.3, -0.25) is 0 Å². The molecule has 0 unspecified atom stereocenters. The average Bonchev–Trinajstić information content (AvgIpc) is 2.93. The number of aromatic nitrogens is 1. The van der Waals surface area contributed by atoms with E-state index in [4.69, 9.17) is 10.3 Å². The minimum atomic E-state index is -3.54. The minimum absolute atomic E-state index is 0.0814. The normalized spacial score (nSPS) is 11.9. The summed E-state index contributed by atoms with van der Waals surface area (Å²) in [5.74, 6) is 0.480. The van der Waals surface area contributed by atoms with Gasteiger partial charge in [-0.15, -0.1) is 11.3 Å². The van der Waals surface area contributed by atoms with Gasteiger partial charge in [0.25, 0.3) is 0 Å². The van der Waals surface area contributed by atoms with Gasteiger partial charge in [-0.05, 0) is 25.5 Å². The molecule has 0 aromatic carbocycles. The zero-order valence-electron chi connectivity index (χ0n) is 10.6. The van der Waals surface area contributed by atoms with Crippen molar-refractivity contribution in [2.24, 2.45) is 5.73 Å². The summed E-state index contributed by atoms with van der Waals surface area (Å²) in [6.45, 7) is 4.04. The van der Waals surface area contributed by atoms with Crippen molar-refractivity contribution in [3.63, 3.8) is 0 Å². The van der Waals surface area contributed by atoms with E-state index in [-0.39, 0.29) is 10.8 Å². The van der Waals surface area contributed by atoms with Crippen LogP contribution in [0.4, 0.5) is 0 Å². The van der Waals surface area contributed by atoms with E-state index in [1.165, 1.54) is 11.3 Å². The van der Waals surface area contributed by atoms with E-state index in [9.17, 15) is 8.42 Å². The standard InChI is InChI=1S/C11H15N3O3S2/c1-7-3-11(18-10(7)5-12)19(15,16)13-6-9-4-8(2)14-17-9/h3-4,13H,5-6,12H2,1-2H3. The average molecular weight is 301 g/mol. The number of thiophene rings is 1. The molecule has 0 bridgehead atoms. The Hall–Kier alpha value is -1.22. The fourth-order valence-electron chi connectivity index (χ4n) is 1.56. The molecule has 0 aliphatic carbocycles. The molecule has 0 atom stereocenters. The molecule has 6 nitrogen and oxygen atoms in total. The maximum absolute atomic E-state index is 12.1. The number of nitrogens with two attached hydrogens (primary N) is 1. The molecule has 3 N–H and O–H groups in total.